The molecule has 0 radical (unpaired) electrons. The summed E-state index contributed by atoms with van der Waals surface area (Å²) in [5.41, 5.74) is 8.14. The van der Waals surface area contributed by atoms with Gasteiger partial charge in [-0.3, -0.25) is 4.90 Å². The van der Waals surface area contributed by atoms with Crippen LogP contribution >= 0.6 is 0 Å². The molecule has 1 fully saturated rings. The van der Waals surface area contributed by atoms with Crippen LogP contribution in [0.15, 0.2) is 18.2 Å². The first-order chi connectivity index (χ1) is 8.63. The van der Waals surface area contributed by atoms with Crippen molar-refractivity contribution in [3.63, 3.8) is 0 Å². The first kappa shape index (κ1) is 13.4. The molecule has 2 atom stereocenters. The molecule has 18 heavy (non-hydrogen) atoms. The third-order valence-corrected chi connectivity index (χ3v) is 3.87. The van der Waals surface area contributed by atoms with Crippen molar-refractivity contribution in [3.05, 3.63) is 29.3 Å². The largest absolute Gasteiger partial charge is 0.496 e. The number of hydrogen-bond acceptors (Lipinski definition) is 3. The average Bonchev–Trinajstić information content (AvgIpc) is 2.67. The van der Waals surface area contributed by atoms with Gasteiger partial charge in [-0.2, -0.15) is 0 Å². The Bertz CT molecular complexity index is 405. The predicted octanol–water partition coefficient (Wildman–Crippen LogP) is 2.38. The first-order valence-corrected chi connectivity index (χ1v) is 6.74. The maximum absolute atomic E-state index is 5.71. The summed E-state index contributed by atoms with van der Waals surface area (Å²) in [6.07, 6.45) is 1.29. The number of rotatable bonds is 4. The Kier molecular flexibility index (Phi) is 4.25. The molecule has 3 heteroatoms. The molecule has 0 spiro atoms. The van der Waals surface area contributed by atoms with Gasteiger partial charge < -0.3 is 10.5 Å². The van der Waals surface area contributed by atoms with Crippen molar-refractivity contribution >= 4 is 0 Å². The van der Waals surface area contributed by atoms with Crippen molar-refractivity contribution in [3.8, 4) is 5.75 Å². The van der Waals surface area contributed by atoms with Crippen molar-refractivity contribution in [1.29, 1.82) is 0 Å². The molecule has 1 aromatic carbocycles. The molecule has 1 aromatic rings. The highest BCUT2D eigenvalue weighted by atomic mass is 16.5. The van der Waals surface area contributed by atoms with Crippen molar-refractivity contribution in [2.75, 3.05) is 13.7 Å². The first-order valence-electron chi connectivity index (χ1n) is 6.74. The summed E-state index contributed by atoms with van der Waals surface area (Å²) >= 11 is 0. The molecule has 2 rings (SSSR count). The molecular formula is C15H24N2O. The molecule has 3 nitrogen and oxygen atoms in total. The van der Waals surface area contributed by atoms with Gasteiger partial charge in [0.2, 0.25) is 0 Å². The number of hydrogen-bond donors (Lipinski definition) is 1. The lowest BCUT2D eigenvalue weighted by molar-refractivity contribution is 0.252. The second-order valence-corrected chi connectivity index (χ2v) is 5.47. The van der Waals surface area contributed by atoms with Crippen molar-refractivity contribution in [2.45, 2.75) is 39.4 Å². The van der Waals surface area contributed by atoms with Gasteiger partial charge in [-0.15, -0.1) is 0 Å². The summed E-state index contributed by atoms with van der Waals surface area (Å²) < 4.78 is 5.45. The van der Waals surface area contributed by atoms with E-state index in [1.54, 1.807) is 7.11 Å². The molecule has 0 saturated carbocycles. The van der Waals surface area contributed by atoms with E-state index in [2.05, 4.69) is 24.8 Å². The highest BCUT2D eigenvalue weighted by Crippen LogP contribution is 2.28. The fourth-order valence-electron chi connectivity index (χ4n) is 2.91. The van der Waals surface area contributed by atoms with Crippen LogP contribution in [0.3, 0.4) is 0 Å². The fraction of sp³-hybridized carbons (Fsp3) is 0.600. The number of likely N-dealkylation sites (tertiary alicyclic amines) is 1. The van der Waals surface area contributed by atoms with E-state index in [0.717, 1.165) is 18.2 Å². The molecule has 0 aromatic heterocycles. The van der Waals surface area contributed by atoms with Gasteiger partial charge >= 0.3 is 0 Å². The van der Waals surface area contributed by atoms with Gasteiger partial charge in [0, 0.05) is 31.2 Å². The van der Waals surface area contributed by atoms with Gasteiger partial charge in [0.05, 0.1) is 7.11 Å². The summed E-state index contributed by atoms with van der Waals surface area (Å²) in [6, 6.07) is 6.90. The summed E-state index contributed by atoms with van der Waals surface area (Å²) in [5.74, 6) is 1.77. The van der Waals surface area contributed by atoms with Crippen molar-refractivity contribution in [2.24, 2.45) is 11.7 Å². The summed E-state index contributed by atoms with van der Waals surface area (Å²) in [4.78, 5) is 2.53. The summed E-state index contributed by atoms with van der Waals surface area (Å²) in [7, 11) is 1.73. The van der Waals surface area contributed by atoms with E-state index in [1.807, 2.05) is 12.1 Å². The fourth-order valence-corrected chi connectivity index (χ4v) is 2.91. The van der Waals surface area contributed by atoms with E-state index >= 15 is 0 Å². The highest BCUT2D eigenvalue weighted by Gasteiger charge is 2.26. The van der Waals surface area contributed by atoms with Crippen LogP contribution in [0.4, 0.5) is 0 Å². The minimum atomic E-state index is 0.586. The zero-order valence-corrected chi connectivity index (χ0v) is 11.6. The van der Waals surface area contributed by atoms with Crippen LogP contribution in [0, 0.1) is 5.92 Å². The molecule has 0 amide bonds. The minimum absolute atomic E-state index is 0.586. The Morgan fingerprint density at radius 1 is 1.39 bits per heavy atom. The molecule has 1 aliphatic heterocycles. The van der Waals surface area contributed by atoms with E-state index in [-0.39, 0.29) is 0 Å². The van der Waals surface area contributed by atoms with Crippen LogP contribution in [-0.2, 0) is 13.1 Å². The Hall–Kier alpha value is -1.06. The lowest BCUT2D eigenvalue weighted by Crippen LogP contribution is -2.26. The van der Waals surface area contributed by atoms with Crippen LogP contribution in [0.1, 0.15) is 31.4 Å². The molecule has 1 saturated heterocycles. The Morgan fingerprint density at radius 3 is 2.72 bits per heavy atom. The Balaban J connectivity index is 2.16. The SMILES string of the molecule is COc1ccc(CN)cc1CN1CC(C)CC1C. The predicted molar refractivity (Wildman–Crippen MR) is 74.5 cm³/mol. The molecule has 1 aliphatic rings. The highest BCUT2D eigenvalue weighted by molar-refractivity contribution is 5.37. The molecular weight excluding hydrogens is 224 g/mol. The Morgan fingerprint density at radius 2 is 2.17 bits per heavy atom. The maximum atomic E-state index is 5.71. The molecule has 2 N–H and O–H groups in total. The van der Waals surface area contributed by atoms with Gasteiger partial charge in [0.25, 0.3) is 0 Å². The standard InChI is InChI=1S/C15H24N2O/c1-11-6-12(2)17(9-11)10-14-7-13(8-16)4-5-15(14)18-3/h4-5,7,11-12H,6,8-10,16H2,1-3H3. The van der Waals surface area contributed by atoms with E-state index in [0.29, 0.717) is 12.6 Å². The topological polar surface area (TPSA) is 38.5 Å². The van der Waals surface area contributed by atoms with Gasteiger partial charge in [0.1, 0.15) is 5.75 Å². The third kappa shape index (κ3) is 2.85. The van der Waals surface area contributed by atoms with E-state index in [1.165, 1.54) is 24.1 Å². The average molecular weight is 248 g/mol. The number of benzene rings is 1. The molecule has 2 unspecified atom stereocenters. The molecule has 0 bridgehead atoms. The number of methoxy groups -OCH3 is 1. The van der Waals surface area contributed by atoms with E-state index in [4.69, 9.17) is 10.5 Å². The number of nitrogens with zero attached hydrogens (tertiary/aromatic N) is 1. The Labute approximate surface area is 110 Å². The second kappa shape index (κ2) is 5.72. The van der Waals surface area contributed by atoms with Crippen LogP contribution in [0.5, 0.6) is 5.75 Å². The summed E-state index contributed by atoms with van der Waals surface area (Å²) in [6.45, 7) is 7.36. The molecule has 1 heterocycles. The monoisotopic (exact) mass is 248 g/mol. The van der Waals surface area contributed by atoms with Crippen LogP contribution in [0.25, 0.3) is 0 Å². The smallest absolute Gasteiger partial charge is 0.123 e. The van der Waals surface area contributed by atoms with E-state index in [9.17, 15) is 0 Å². The van der Waals surface area contributed by atoms with Gasteiger partial charge in [-0.25, -0.2) is 0 Å². The maximum Gasteiger partial charge on any atom is 0.123 e. The molecule has 100 valence electrons. The van der Waals surface area contributed by atoms with Crippen LogP contribution in [-0.4, -0.2) is 24.6 Å². The van der Waals surface area contributed by atoms with E-state index < -0.39 is 0 Å². The lowest BCUT2D eigenvalue weighted by Gasteiger charge is -2.22. The van der Waals surface area contributed by atoms with Crippen molar-refractivity contribution < 1.29 is 4.74 Å². The molecule has 0 aliphatic carbocycles. The third-order valence-electron chi connectivity index (χ3n) is 3.87. The van der Waals surface area contributed by atoms with Gasteiger partial charge in [0.15, 0.2) is 0 Å². The minimum Gasteiger partial charge on any atom is -0.496 e. The lowest BCUT2D eigenvalue weighted by atomic mass is 10.1. The van der Waals surface area contributed by atoms with Crippen LogP contribution < -0.4 is 10.5 Å². The number of nitrogens with two attached hydrogens (primary N) is 1. The number of ether oxygens (including phenoxy) is 1. The zero-order valence-electron chi connectivity index (χ0n) is 11.6. The quantitative estimate of drug-likeness (QED) is 0.889. The normalized spacial score (nSPS) is 24.4. The second-order valence-electron chi connectivity index (χ2n) is 5.47. The van der Waals surface area contributed by atoms with Gasteiger partial charge in [-0.1, -0.05) is 13.0 Å². The van der Waals surface area contributed by atoms with Gasteiger partial charge in [-0.05, 0) is 37.0 Å². The summed E-state index contributed by atoms with van der Waals surface area (Å²) in [5, 5.41) is 0. The zero-order chi connectivity index (χ0) is 13.1. The van der Waals surface area contributed by atoms with Crippen LogP contribution in [0.2, 0.25) is 0 Å². The van der Waals surface area contributed by atoms with Crippen molar-refractivity contribution in [1.82, 2.24) is 4.90 Å².